The molecule has 5 nitrogen and oxygen atoms in total. The van der Waals surface area contributed by atoms with Crippen molar-refractivity contribution in [1.29, 1.82) is 0 Å². The first-order valence-corrected chi connectivity index (χ1v) is 9.97. The summed E-state index contributed by atoms with van der Waals surface area (Å²) in [5, 5.41) is 2.85. The smallest absolute Gasteiger partial charge is 0.294 e. The number of hydrogen-bond donors (Lipinski definition) is 1. The highest BCUT2D eigenvalue weighted by Gasteiger charge is 2.31. The highest BCUT2D eigenvalue weighted by molar-refractivity contribution is 6.12. The van der Waals surface area contributed by atoms with E-state index in [9.17, 15) is 14.0 Å². The van der Waals surface area contributed by atoms with Crippen LogP contribution in [0.5, 0.6) is 5.75 Å². The molecule has 0 aromatic heterocycles. The fraction of sp³-hybridized carbons (Fsp3) is 0.120. The lowest BCUT2D eigenvalue weighted by atomic mass is 10.1. The Balaban J connectivity index is 1.51. The molecule has 0 saturated carbocycles. The molecule has 2 amide bonds. The van der Waals surface area contributed by atoms with Crippen LogP contribution in [0.15, 0.2) is 84.6 Å². The monoisotopic (exact) mass is 416 g/mol. The van der Waals surface area contributed by atoms with E-state index in [1.807, 2.05) is 30.3 Å². The lowest BCUT2D eigenvalue weighted by molar-refractivity contribution is -0.123. The minimum Gasteiger partial charge on any atom is -0.449 e. The predicted molar refractivity (Wildman–Crippen MR) is 117 cm³/mol. The van der Waals surface area contributed by atoms with Crippen molar-refractivity contribution >= 4 is 23.6 Å². The van der Waals surface area contributed by atoms with Gasteiger partial charge in [0.15, 0.2) is 11.5 Å². The molecule has 1 N–H and O–H groups in total. The van der Waals surface area contributed by atoms with Gasteiger partial charge >= 0.3 is 0 Å². The lowest BCUT2D eigenvalue weighted by Gasteiger charge is -2.30. The Hall–Kier alpha value is -3.93. The highest BCUT2D eigenvalue weighted by atomic mass is 19.1. The van der Waals surface area contributed by atoms with Crippen molar-refractivity contribution in [2.45, 2.75) is 6.42 Å². The molecule has 0 saturated heterocycles. The van der Waals surface area contributed by atoms with Crippen LogP contribution >= 0.6 is 0 Å². The van der Waals surface area contributed by atoms with Crippen molar-refractivity contribution in [2.75, 3.05) is 18.0 Å². The standard InChI is InChI=1S/C25H21FN2O3/c26-20-11-5-4-10-19(20)16-23-25(30)28(21-12-6-7-13-22(21)31-23)17-24(29)27-15-14-18-8-2-1-3-9-18/h1-13,16H,14-15,17H2,(H,27,29)/b23-16-. The van der Waals surface area contributed by atoms with Gasteiger partial charge in [-0.15, -0.1) is 0 Å². The Morgan fingerprint density at radius 2 is 1.68 bits per heavy atom. The van der Waals surface area contributed by atoms with Crippen LogP contribution in [0.4, 0.5) is 10.1 Å². The van der Waals surface area contributed by atoms with Gasteiger partial charge in [-0.25, -0.2) is 4.39 Å². The zero-order valence-electron chi connectivity index (χ0n) is 16.8. The summed E-state index contributed by atoms with van der Waals surface area (Å²) in [5.41, 5.74) is 1.85. The quantitative estimate of drug-likeness (QED) is 0.619. The number of amides is 2. The molecule has 4 rings (SSSR count). The Kier molecular flexibility index (Phi) is 6.08. The third-order valence-electron chi connectivity index (χ3n) is 4.90. The number of rotatable bonds is 6. The van der Waals surface area contributed by atoms with E-state index in [1.165, 1.54) is 17.0 Å². The molecule has 156 valence electrons. The topological polar surface area (TPSA) is 58.6 Å². The molecule has 0 bridgehead atoms. The van der Waals surface area contributed by atoms with Gasteiger partial charge in [0.2, 0.25) is 5.91 Å². The second kappa shape index (κ2) is 9.26. The molecular weight excluding hydrogens is 395 g/mol. The van der Waals surface area contributed by atoms with Gasteiger partial charge in [-0.2, -0.15) is 0 Å². The molecule has 31 heavy (non-hydrogen) atoms. The summed E-state index contributed by atoms with van der Waals surface area (Å²) in [6.07, 6.45) is 2.05. The fourth-order valence-corrected chi connectivity index (χ4v) is 3.34. The summed E-state index contributed by atoms with van der Waals surface area (Å²) in [7, 11) is 0. The minimum atomic E-state index is -0.500. The first-order valence-electron chi connectivity index (χ1n) is 9.97. The Morgan fingerprint density at radius 3 is 2.48 bits per heavy atom. The van der Waals surface area contributed by atoms with Crippen LogP contribution in [0, 0.1) is 5.82 Å². The number of carbonyl (C=O) groups is 2. The van der Waals surface area contributed by atoms with Gasteiger partial charge in [-0.05, 0) is 36.3 Å². The number of anilines is 1. The molecule has 0 unspecified atom stereocenters. The Labute approximate surface area is 179 Å². The van der Waals surface area contributed by atoms with Crippen molar-refractivity contribution in [1.82, 2.24) is 5.32 Å². The summed E-state index contributed by atoms with van der Waals surface area (Å²) in [6, 6.07) is 22.9. The fourth-order valence-electron chi connectivity index (χ4n) is 3.34. The van der Waals surface area contributed by atoms with Crippen LogP contribution < -0.4 is 15.0 Å². The maximum Gasteiger partial charge on any atom is 0.294 e. The Bertz CT molecular complexity index is 1130. The number of ether oxygens (including phenoxy) is 1. The first kappa shape index (κ1) is 20.3. The van der Waals surface area contributed by atoms with Crippen LogP contribution in [0.2, 0.25) is 0 Å². The van der Waals surface area contributed by atoms with Crippen LogP contribution in [0.1, 0.15) is 11.1 Å². The third-order valence-corrected chi connectivity index (χ3v) is 4.90. The van der Waals surface area contributed by atoms with Crippen molar-refractivity contribution in [2.24, 2.45) is 0 Å². The van der Waals surface area contributed by atoms with E-state index in [0.717, 1.165) is 5.56 Å². The van der Waals surface area contributed by atoms with Gasteiger partial charge in [0.25, 0.3) is 5.91 Å². The molecule has 0 radical (unpaired) electrons. The molecule has 1 heterocycles. The maximum absolute atomic E-state index is 14.1. The molecule has 0 spiro atoms. The van der Waals surface area contributed by atoms with Crippen molar-refractivity contribution < 1.29 is 18.7 Å². The summed E-state index contributed by atoms with van der Waals surface area (Å²) in [5.74, 6) is -0.857. The second-order valence-corrected chi connectivity index (χ2v) is 7.08. The number of nitrogens with zero attached hydrogens (tertiary/aromatic N) is 1. The van der Waals surface area contributed by atoms with Gasteiger partial charge in [0.1, 0.15) is 12.4 Å². The van der Waals surface area contributed by atoms with E-state index < -0.39 is 11.7 Å². The van der Waals surface area contributed by atoms with Gasteiger partial charge in [-0.1, -0.05) is 60.7 Å². The van der Waals surface area contributed by atoms with E-state index in [4.69, 9.17) is 4.74 Å². The van der Waals surface area contributed by atoms with Gasteiger partial charge < -0.3 is 10.1 Å². The number of benzene rings is 3. The third kappa shape index (κ3) is 4.80. The van der Waals surface area contributed by atoms with E-state index in [-0.39, 0.29) is 23.8 Å². The molecule has 0 atom stereocenters. The van der Waals surface area contributed by atoms with Gasteiger partial charge in [0, 0.05) is 12.1 Å². The molecule has 1 aliphatic rings. The highest BCUT2D eigenvalue weighted by Crippen LogP contribution is 2.35. The zero-order chi connectivity index (χ0) is 21.6. The number of halogens is 1. The summed E-state index contributed by atoms with van der Waals surface area (Å²) >= 11 is 0. The number of fused-ring (bicyclic) bond motifs is 1. The Morgan fingerprint density at radius 1 is 0.968 bits per heavy atom. The summed E-state index contributed by atoms with van der Waals surface area (Å²) < 4.78 is 19.8. The van der Waals surface area contributed by atoms with Crippen molar-refractivity contribution in [3.05, 3.63) is 102 Å². The predicted octanol–water partition coefficient (Wildman–Crippen LogP) is 3.95. The van der Waals surface area contributed by atoms with E-state index in [0.29, 0.717) is 24.4 Å². The number of hydrogen-bond acceptors (Lipinski definition) is 3. The second-order valence-electron chi connectivity index (χ2n) is 7.08. The average molecular weight is 416 g/mol. The van der Waals surface area contributed by atoms with E-state index in [2.05, 4.69) is 5.32 Å². The van der Waals surface area contributed by atoms with Gasteiger partial charge in [-0.3, -0.25) is 14.5 Å². The number of nitrogens with one attached hydrogen (secondary N) is 1. The number of carbonyl (C=O) groups excluding carboxylic acids is 2. The molecule has 6 heteroatoms. The van der Waals surface area contributed by atoms with Crippen LogP contribution in [0.3, 0.4) is 0 Å². The van der Waals surface area contributed by atoms with Crippen LogP contribution in [-0.4, -0.2) is 24.9 Å². The normalized spacial score (nSPS) is 14.2. The molecule has 3 aromatic carbocycles. The summed E-state index contributed by atoms with van der Waals surface area (Å²) in [4.78, 5) is 27.0. The average Bonchev–Trinajstić information content (AvgIpc) is 2.79. The van der Waals surface area contributed by atoms with E-state index >= 15 is 0 Å². The molecule has 1 aliphatic heterocycles. The van der Waals surface area contributed by atoms with Crippen LogP contribution in [-0.2, 0) is 16.0 Å². The van der Waals surface area contributed by atoms with Crippen LogP contribution in [0.25, 0.3) is 6.08 Å². The van der Waals surface area contributed by atoms with E-state index in [1.54, 1.807) is 42.5 Å². The molecule has 0 aliphatic carbocycles. The zero-order valence-corrected chi connectivity index (χ0v) is 16.8. The van der Waals surface area contributed by atoms with Crippen molar-refractivity contribution in [3.63, 3.8) is 0 Å². The number of para-hydroxylation sites is 2. The SMILES string of the molecule is O=C(CN1C(=O)/C(=C/c2ccccc2F)Oc2ccccc21)NCCc1ccccc1. The van der Waals surface area contributed by atoms with Crippen molar-refractivity contribution in [3.8, 4) is 5.75 Å². The lowest BCUT2D eigenvalue weighted by Crippen LogP contribution is -2.44. The summed E-state index contributed by atoms with van der Waals surface area (Å²) in [6.45, 7) is 0.295. The molecule has 3 aromatic rings. The van der Waals surface area contributed by atoms with Gasteiger partial charge in [0.05, 0.1) is 5.69 Å². The minimum absolute atomic E-state index is 0.0408. The first-order chi connectivity index (χ1) is 15.1. The maximum atomic E-state index is 14.1. The molecule has 0 fully saturated rings. The largest absolute Gasteiger partial charge is 0.449 e. The molecular formula is C25H21FN2O3.